The summed E-state index contributed by atoms with van der Waals surface area (Å²) in [6.45, 7) is 3.00. The summed E-state index contributed by atoms with van der Waals surface area (Å²) in [4.78, 5) is 10.2. The van der Waals surface area contributed by atoms with Crippen LogP contribution in [0.2, 0.25) is 0 Å². The van der Waals surface area contributed by atoms with Crippen LogP contribution in [0.4, 0.5) is 11.8 Å². The molecule has 0 spiro atoms. The van der Waals surface area contributed by atoms with Crippen molar-refractivity contribution < 1.29 is 4.21 Å². The summed E-state index contributed by atoms with van der Waals surface area (Å²) < 4.78 is 11.5. The van der Waals surface area contributed by atoms with Crippen molar-refractivity contribution in [1.29, 1.82) is 0 Å². The van der Waals surface area contributed by atoms with Crippen LogP contribution in [0.5, 0.6) is 0 Å². The Hall–Kier alpha value is -1.21. The van der Waals surface area contributed by atoms with Crippen molar-refractivity contribution in [2.75, 3.05) is 28.7 Å². The van der Waals surface area contributed by atoms with Gasteiger partial charge in [0.25, 0.3) is 0 Å². The fourth-order valence-corrected chi connectivity index (χ4v) is 4.48. The molecule has 2 aromatic rings. The highest BCUT2D eigenvalue weighted by Gasteiger charge is 2.19. The first kappa shape index (κ1) is 14.7. The van der Waals surface area contributed by atoms with E-state index in [0.717, 1.165) is 53.3 Å². The van der Waals surface area contributed by atoms with Gasteiger partial charge in [0.15, 0.2) is 0 Å². The van der Waals surface area contributed by atoms with Gasteiger partial charge in [0.2, 0.25) is 5.95 Å². The minimum atomic E-state index is -0.630. The van der Waals surface area contributed by atoms with Crippen LogP contribution in [0.1, 0.15) is 26.2 Å². The Morgan fingerprint density at radius 1 is 1.38 bits per heavy atom. The number of aromatic nitrogens is 2. The normalized spacial score (nSPS) is 22.3. The molecule has 1 aliphatic rings. The highest BCUT2D eigenvalue weighted by atomic mass is 32.2. The molecule has 2 N–H and O–H groups in total. The van der Waals surface area contributed by atoms with E-state index in [9.17, 15) is 4.21 Å². The molecule has 21 heavy (non-hydrogen) atoms. The van der Waals surface area contributed by atoms with Crippen molar-refractivity contribution in [2.24, 2.45) is 0 Å². The van der Waals surface area contributed by atoms with Gasteiger partial charge in [-0.3, -0.25) is 4.21 Å². The number of rotatable bonds is 5. The van der Waals surface area contributed by atoms with E-state index >= 15 is 0 Å². The molecule has 3 rings (SSSR count). The monoisotopic (exact) mass is 324 g/mol. The van der Waals surface area contributed by atoms with E-state index in [4.69, 9.17) is 0 Å². The second-order valence-corrected chi connectivity index (χ2v) is 7.82. The zero-order valence-corrected chi connectivity index (χ0v) is 13.7. The Bertz CT molecular complexity index is 633. The summed E-state index contributed by atoms with van der Waals surface area (Å²) in [5.41, 5.74) is 0. The highest BCUT2D eigenvalue weighted by molar-refractivity contribution is 7.85. The standard InChI is InChI=1S/C14H20N4OS2/c1-2-6-15-14-17-12(11-3-7-20-13(11)18-14)16-10-4-8-21(19)9-5-10/h3,7,10H,2,4-6,8-9H2,1H3,(H2,15,16,17,18). The topological polar surface area (TPSA) is 66.9 Å². The Labute approximate surface area is 131 Å². The second-order valence-electron chi connectivity index (χ2n) is 5.23. The summed E-state index contributed by atoms with van der Waals surface area (Å²) in [7, 11) is -0.630. The third kappa shape index (κ3) is 3.52. The zero-order valence-electron chi connectivity index (χ0n) is 12.1. The van der Waals surface area contributed by atoms with Crippen LogP contribution < -0.4 is 10.6 Å². The van der Waals surface area contributed by atoms with E-state index in [-0.39, 0.29) is 0 Å². The van der Waals surface area contributed by atoms with Crippen molar-refractivity contribution in [1.82, 2.24) is 9.97 Å². The summed E-state index contributed by atoms with van der Waals surface area (Å²) in [6.07, 6.45) is 2.93. The van der Waals surface area contributed by atoms with Crippen molar-refractivity contribution in [3.63, 3.8) is 0 Å². The highest BCUT2D eigenvalue weighted by Crippen LogP contribution is 2.28. The molecule has 0 unspecified atom stereocenters. The quantitative estimate of drug-likeness (QED) is 0.885. The van der Waals surface area contributed by atoms with Crippen LogP contribution >= 0.6 is 11.3 Å². The van der Waals surface area contributed by atoms with Gasteiger partial charge in [0.1, 0.15) is 10.6 Å². The van der Waals surface area contributed by atoms with Gasteiger partial charge >= 0.3 is 0 Å². The molecule has 0 amide bonds. The van der Waals surface area contributed by atoms with Gasteiger partial charge < -0.3 is 10.6 Å². The number of nitrogens with zero attached hydrogens (tertiary/aromatic N) is 2. The molecule has 5 nitrogen and oxygen atoms in total. The third-order valence-electron chi connectivity index (χ3n) is 3.59. The van der Waals surface area contributed by atoms with Gasteiger partial charge in [-0.1, -0.05) is 6.92 Å². The van der Waals surface area contributed by atoms with Crippen molar-refractivity contribution in [3.05, 3.63) is 11.4 Å². The summed E-state index contributed by atoms with van der Waals surface area (Å²) in [5, 5.41) is 9.91. The second kappa shape index (κ2) is 6.70. The molecule has 0 aromatic carbocycles. The third-order valence-corrected chi connectivity index (χ3v) is 5.78. The Morgan fingerprint density at radius 2 is 2.19 bits per heavy atom. The maximum atomic E-state index is 11.5. The summed E-state index contributed by atoms with van der Waals surface area (Å²) in [5.74, 6) is 3.17. The van der Waals surface area contributed by atoms with Gasteiger partial charge in [-0.05, 0) is 30.7 Å². The van der Waals surface area contributed by atoms with E-state index < -0.39 is 10.8 Å². The van der Waals surface area contributed by atoms with Gasteiger partial charge in [-0.15, -0.1) is 11.3 Å². The molecule has 2 aromatic heterocycles. The lowest BCUT2D eigenvalue weighted by Gasteiger charge is -2.23. The number of nitrogens with one attached hydrogen (secondary N) is 2. The molecule has 0 saturated carbocycles. The molecule has 7 heteroatoms. The molecule has 0 bridgehead atoms. The van der Waals surface area contributed by atoms with Crippen LogP contribution in [-0.4, -0.2) is 38.3 Å². The number of anilines is 2. The van der Waals surface area contributed by atoms with Crippen LogP contribution in [0.3, 0.4) is 0 Å². The van der Waals surface area contributed by atoms with Gasteiger partial charge in [0.05, 0.1) is 5.39 Å². The first-order valence-electron chi connectivity index (χ1n) is 7.37. The lowest BCUT2D eigenvalue weighted by atomic mass is 10.1. The smallest absolute Gasteiger partial charge is 0.226 e. The molecule has 0 aliphatic carbocycles. The minimum absolute atomic E-state index is 0.361. The lowest BCUT2D eigenvalue weighted by molar-refractivity contribution is 0.623. The number of fused-ring (bicyclic) bond motifs is 1. The van der Waals surface area contributed by atoms with Crippen LogP contribution in [0.25, 0.3) is 10.2 Å². The van der Waals surface area contributed by atoms with Gasteiger partial charge in [-0.2, -0.15) is 4.98 Å². The molecular formula is C14H20N4OS2. The maximum Gasteiger partial charge on any atom is 0.226 e. The first-order valence-corrected chi connectivity index (χ1v) is 9.73. The summed E-state index contributed by atoms with van der Waals surface area (Å²) >= 11 is 1.63. The molecule has 1 fully saturated rings. The van der Waals surface area contributed by atoms with Crippen molar-refractivity contribution in [3.8, 4) is 0 Å². The van der Waals surface area contributed by atoms with E-state index in [0.29, 0.717) is 12.0 Å². The zero-order chi connectivity index (χ0) is 14.7. The fraction of sp³-hybridized carbons (Fsp3) is 0.571. The predicted octanol–water partition coefficient (Wildman–Crippen LogP) is 2.84. The average Bonchev–Trinajstić information content (AvgIpc) is 2.96. The molecule has 1 saturated heterocycles. The van der Waals surface area contributed by atoms with Gasteiger partial charge in [-0.25, -0.2) is 4.98 Å². The van der Waals surface area contributed by atoms with E-state index in [1.807, 2.05) is 5.38 Å². The average molecular weight is 324 g/mol. The Balaban J connectivity index is 1.82. The number of hydrogen-bond donors (Lipinski definition) is 2. The maximum absolute atomic E-state index is 11.5. The lowest BCUT2D eigenvalue weighted by Crippen LogP contribution is -2.29. The van der Waals surface area contributed by atoms with Crippen LogP contribution in [0.15, 0.2) is 11.4 Å². The largest absolute Gasteiger partial charge is 0.367 e. The Morgan fingerprint density at radius 3 is 2.95 bits per heavy atom. The number of thiophene rings is 1. The van der Waals surface area contributed by atoms with Gasteiger partial charge in [0, 0.05) is 34.9 Å². The van der Waals surface area contributed by atoms with E-state index in [1.165, 1.54) is 0 Å². The predicted molar refractivity (Wildman–Crippen MR) is 90.7 cm³/mol. The summed E-state index contributed by atoms with van der Waals surface area (Å²) in [6, 6.07) is 2.42. The SMILES string of the molecule is CCCNc1nc(NC2CCS(=O)CC2)c2ccsc2n1. The van der Waals surface area contributed by atoms with Crippen molar-refractivity contribution in [2.45, 2.75) is 32.2 Å². The Kier molecular flexibility index (Phi) is 4.70. The number of hydrogen-bond acceptors (Lipinski definition) is 6. The molecule has 3 heterocycles. The molecule has 114 valence electrons. The van der Waals surface area contributed by atoms with E-state index in [1.54, 1.807) is 11.3 Å². The molecule has 0 radical (unpaired) electrons. The van der Waals surface area contributed by atoms with Crippen molar-refractivity contribution >= 4 is 44.1 Å². The first-order chi connectivity index (χ1) is 10.3. The minimum Gasteiger partial charge on any atom is -0.367 e. The molecule has 0 atom stereocenters. The van der Waals surface area contributed by atoms with Crippen LogP contribution in [-0.2, 0) is 10.8 Å². The molecule has 1 aliphatic heterocycles. The fourth-order valence-electron chi connectivity index (χ4n) is 2.41. The van der Waals surface area contributed by atoms with E-state index in [2.05, 4.69) is 33.6 Å². The van der Waals surface area contributed by atoms with Crippen LogP contribution in [0, 0.1) is 0 Å². The molecular weight excluding hydrogens is 304 g/mol.